The Balaban J connectivity index is 3.05. The van der Waals surface area contributed by atoms with Crippen LogP contribution in [0.2, 0.25) is 0 Å². The molecule has 0 aromatic heterocycles. The predicted octanol–water partition coefficient (Wildman–Crippen LogP) is 4.57. The maximum Gasteiger partial charge on any atom is 0.376 e. The molecule has 0 aliphatic carbocycles. The van der Waals surface area contributed by atoms with Crippen molar-refractivity contribution in [1.82, 2.24) is 0 Å². The Bertz CT molecular complexity index is 443. The van der Waals surface area contributed by atoms with E-state index in [0.717, 1.165) is 31.2 Å². The van der Waals surface area contributed by atoms with Crippen molar-refractivity contribution >= 4 is 7.60 Å². The van der Waals surface area contributed by atoms with E-state index in [9.17, 15) is 9.46 Å². The standard InChI is InChI=1S/C15H25O3P/c1-4-8-13-10-7-11-15(14(13)9-5-2)18-19(16,17)12-6-3/h7,10-11H,4-6,8-9,12H2,1-3H3,(H,16,17). The first-order valence-corrected chi connectivity index (χ1v) is 8.92. The van der Waals surface area contributed by atoms with E-state index >= 15 is 0 Å². The Kier molecular flexibility index (Phi) is 6.60. The largest absolute Gasteiger partial charge is 0.424 e. The molecule has 0 aliphatic rings. The smallest absolute Gasteiger partial charge is 0.376 e. The number of benzene rings is 1. The summed E-state index contributed by atoms with van der Waals surface area (Å²) in [6.45, 7) is 6.13. The van der Waals surface area contributed by atoms with Crippen molar-refractivity contribution in [3.63, 3.8) is 0 Å². The molecule has 1 N–H and O–H groups in total. The fourth-order valence-corrected chi connectivity index (χ4v) is 3.35. The van der Waals surface area contributed by atoms with Crippen molar-refractivity contribution in [2.24, 2.45) is 0 Å². The van der Waals surface area contributed by atoms with Gasteiger partial charge in [0, 0.05) is 0 Å². The summed E-state index contributed by atoms with van der Waals surface area (Å²) in [5.74, 6) is 0.590. The zero-order valence-corrected chi connectivity index (χ0v) is 13.1. The number of hydrogen-bond donors (Lipinski definition) is 1. The molecule has 1 unspecified atom stereocenters. The Morgan fingerprint density at radius 3 is 2.37 bits per heavy atom. The number of hydrogen-bond acceptors (Lipinski definition) is 2. The van der Waals surface area contributed by atoms with Gasteiger partial charge in [0.05, 0.1) is 6.16 Å². The Morgan fingerprint density at radius 1 is 1.11 bits per heavy atom. The highest BCUT2D eigenvalue weighted by Gasteiger charge is 2.21. The maximum atomic E-state index is 11.9. The van der Waals surface area contributed by atoms with Gasteiger partial charge in [-0.15, -0.1) is 0 Å². The normalized spacial score (nSPS) is 14.1. The first-order chi connectivity index (χ1) is 9.04. The highest BCUT2D eigenvalue weighted by atomic mass is 31.2. The Morgan fingerprint density at radius 2 is 1.79 bits per heavy atom. The number of rotatable bonds is 8. The molecule has 0 saturated heterocycles. The van der Waals surface area contributed by atoms with Crippen molar-refractivity contribution in [2.45, 2.75) is 52.9 Å². The molecule has 19 heavy (non-hydrogen) atoms. The molecule has 4 heteroatoms. The number of aryl methyl sites for hydroxylation is 1. The second-order valence-corrected chi connectivity index (χ2v) is 6.75. The Hall–Kier alpha value is -0.790. The quantitative estimate of drug-likeness (QED) is 0.711. The second kappa shape index (κ2) is 7.72. The van der Waals surface area contributed by atoms with Gasteiger partial charge < -0.3 is 9.42 Å². The summed E-state index contributed by atoms with van der Waals surface area (Å²) < 4.78 is 17.4. The van der Waals surface area contributed by atoms with Crippen LogP contribution in [0.1, 0.15) is 51.2 Å². The molecule has 108 valence electrons. The van der Waals surface area contributed by atoms with Crippen LogP contribution in [0.25, 0.3) is 0 Å². The first kappa shape index (κ1) is 16.3. The van der Waals surface area contributed by atoms with Crippen LogP contribution in [0.5, 0.6) is 5.75 Å². The summed E-state index contributed by atoms with van der Waals surface area (Å²) >= 11 is 0. The van der Waals surface area contributed by atoms with E-state index in [2.05, 4.69) is 19.9 Å². The highest BCUT2D eigenvalue weighted by Crippen LogP contribution is 2.44. The van der Waals surface area contributed by atoms with Crippen molar-refractivity contribution in [1.29, 1.82) is 0 Å². The minimum atomic E-state index is -3.50. The lowest BCUT2D eigenvalue weighted by Crippen LogP contribution is -2.02. The van der Waals surface area contributed by atoms with E-state index in [-0.39, 0.29) is 6.16 Å². The summed E-state index contributed by atoms with van der Waals surface area (Å²) in [6, 6.07) is 5.80. The molecule has 0 fully saturated rings. The lowest BCUT2D eigenvalue weighted by molar-refractivity contribution is 0.377. The second-order valence-electron chi connectivity index (χ2n) is 4.85. The molecule has 1 rings (SSSR count). The fraction of sp³-hybridized carbons (Fsp3) is 0.600. The SMILES string of the molecule is CCCc1cccc(OP(=O)(O)CCC)c1CCC. The highest BCUT2D eigenvalue weighted by molar-refractivity contribution is 7.53. The van der Waals surface area contributed by atoms with Crippen LogP contribution in [0.3, 0.4) is 0 Å². The fourth-order valence-electron chi connectivity index (χ4n) is 2.22. The molecular formula is C15H25O3P. The minimum Gasteiger partial charge on any atom is -0.424 e. The summed E-state index contributed by atoms with van der Waals surface area (Å²) in [5.41, 5.74) is 2.33. The van der Waals surface area contributed by atoms with Crippen LogP contribution in [0, 0.1) is 0 Å². The van der Waals surface area contributed by atoms with Gasteiger partial charge in [0.25, 0.3) is 0 Å². The van der Waals surface area contributed by atoms with Gasteiger partial charge in [0.15, 0.2) is 0 Å². The van der Waals surface area contributed by atoms with E-state index < -0.39 is 7.60 Å². The summed E-state index contributed by atoms with van der Waals surface area (Å²) in [4.78, 5) is 9.81. The van der Waals surface area contributed by atoms with E-state index in [1.807, 2.05) is 19.1 Å². The molecule has 1 aromatic carbocycles. The van der Waals surface area contributed by atoms with Crippen LogP contribution in [-0.2, 0) is 17.4 Å². The predicted molar refractivity (Wildman–Crippen MR) is 80.0 cm³/mol. The van der Waals surface area contributed by atoms with Crippen LogP contribution in [-0.4, -0.2) is 11.1 Å². The topological polar surface area (TPSA) is 46.5 Å². The molecule has 1 aromatic rings. The molecular weight excluding hydrogens is 259 g/mol. The van der Waals surface area contributed by atoms with Crippen LogP contribution in [0.4, 0.5) is 0 Å². The van der Waals surface area contributed by atoms with E-state index in [1.165, 1.54) is 5.56 Å². The van der Waals surface area contributed by atoms with Gasteiger partial charge in [0.1, 0.15) is 5.75 Å². The molecule has 1 atom stereocenters. The van der Waals surface area contributed by atoms with Gasteiger partial charge in [0.2, 0.25) is 0 Å². The first-order valence-electron chi connectivity index (χ1n) is 7.16. The maximum absolute atomic E-state index is 11.9. The molecule has 3 nitrogen and oxygen atoms in total. The van der Waals surface area contributed by atoms with Gasteiger partial charge in [-0.05, 0) is 36.5 Å². The van der Waals surface area contributed by atoms with Gasteiger partial charge in [-0.3, -0.25) is 0 Å². The molecule has 0 amide bonds. The third-order valence-electron chi connectivity index (χ3n) is 3.00. The average molecular weight is 284 g/mol. The van der Waals surface area contributed by atoms with Gasteiger partial charge in [-0.1, -0.05) is 45.7 Å². The molecule has 0 radical (unpaired) electrons. The molecule has 0 heterocycles. The Labute approximate surface area is 116 Å². The van der Waals surface area contributed by atoms with Crippen LogP contribution >= 0.6 is 7.60 Å². The molecule has 0 saturated carbocycles. The summed E-state index contributed by atoms with van der Waals surface area (Å²) in [7, 11) is -3.50. The van der Waals surface area contributed by atoms with Crippen LogP contribution in [0.15, 0.2) is 18.2 Å². The lowest BCUT2D eigenvalue weighted by atomic mass is 9.99. The summed E-state index contributed by atoms with van der Waals surface area (Å²) in [6.07, 6.45) is 4.78. The molecule has 0 bridgehead atoms. The van der Waals surface area contributed by atoms with Crippen molar-refractivity contribution < 1.29 is 14.0 Å². The van der Waals surface area contributed by atoms with E-state index in [4.69, 9.17) is 4.52 Å². The van der Waals surface area contributed by atoms with Crippen molar-refractivity contribution in [2.75, 3.05) is 6.16 Å². The van der Waals surface area contributed by atoms with Crippen LogP contribution < -0.4 is 4.52 Å². The van der Waals surface area contributed by atoms with E-state index in [0.29, 0.717) is 12.2 Å². The van der Waals surface area contributed by atoms with Gasteiger partial charge in [-0.2, -0.15) is 0 Å². The minimum absolute atomic E-state index is 0.205. The van der Waals surface area contributed by atoms with Gasteiger partial charge in [-0.25, -0.2) is 4.57 Å². The van der Waals surface area contributed by atoms with Crippen molar-refractivity contribution in [3.05, 3.63) is 29.3 Å². The third-order valence-corrected chi connectivity index (χ3v) is 4.49. The average Bonchev–Trinajstić information content (AvgIpc) is 2.33. The zero-order valence-electron chi connectivity index (χ0n) is 12.2. The van der Waals surface area contributed by atoms with E-state index in [1.54, 1.807) is 0 Å². The van der Waals surface area contributed by atoms with Crippen molar-refractivity contribution in [3.8, 4) is 5.75 Å². The zero-order chi connectivity index (χ0) is 14.3. The third kappa shape index (κ3) is 5.00. The monoisotopic (exact) mass is 284 g/mol. The summed E-state index contributed by atoms with van der Waals surface area (Å²) in [5, 5.41) is 0. The molecule has 0 aliphatic heterocycles. The lowest BCUT2D eigenvalue weighted by Gasteiger charge is -2.18. The molecule has 0 spiro atoms. The van der Waals surface area contributed by atoms with Gasteiger partial charge >= 0.3 is 7.60 Å².